The van der Waals surface area contributed by atoms with Crippen molar-refractivity contribution in [3.63, 3.8) is 0 Å². The van der Waals surface area contributed by atoms with Crippen LogP contribution in [0.3, 0.4) is 0 Å². The van der Waals surface area contributed by atoms with Crippen LogP contribution in [0, 0.1) is 6.92 Å². The number of fused-ring (bicyclic) bond motifs is 3. The van der Waals surface area contributed by atoms with Crippen LogP contribution >= 0.6 is 0 Å². The molecule has 2 aromatic rings. The smallest absolute Gasteiger partial charge is 0.345 e. The fourth-order valence-electron chi connectivity index (χ4n) is 2.48. The molecule has 0 aliphatic heterocycles. The van der Waals surface area contributed by atoms with Gasteiger partial charge in [-0.15, -0.1) is 0 Å². The third-order valence-corrected chi connectivity index (χ3v) is 3.23. The van der Waals surface area contributed by atoms with E-state index in [9.17, 15) is 4.79 Å². The van der Waals surface area contributed by atoms with Crippen LogP contribution < -0.4 is 5.63 Å². The van der Waals surface area contributed by atoms with Crippen LogP contribution in [0.25, 0.3) is 10.9 Å². The fourth-order valence-corrected chi connectivity index (χ4v) is 2.48. The van der Waals surface area contributed by atoms with Gasteiger partial charge in [-0.2, -0.15) is 0 Å². The van der Waals surface area contributed by atoms with Crippen LogP contribution in [0.5, 0.6) is 0 Å². The monoisotopic (exact) mass is 215 g/mol. The number of hydrogen-bond donors (Lipinski definition) is 0. The Labute approximate surface area is 93.1 Å². The second-order valence-corrected chi connectivity index (χ2v) is 4.37. The van der Waals surface area contributed by atoms with Gasteiger partial charge in [-0.25, -0.2) is 4.79 Å². The van der Waals surface area contributed by atoms with Crippen molar-refractivity contribution in [3.8, 4) is 0 Å². The van der Waals surface area contributed by atoms with Gasteiger partial charge in [0.05, 0.1) is 10.9 Å². The Morgan fingerprint density at radius 3 is 3.00 bits per heavy atom. The van der Waals surface area contributed by atoms with Gasteiger partial charge in [0.2, 0.25) is 0 Å². The number of aryl methyl sites for hydroxylation is 3. The Morgan fingerprint density at radius 2 is 2.12 bits per heavy atom. The van der Waals surface area contributed by atoms with E-state index in [4.69, 9.17) is 4.42 Å². The quantitative estimate of drug-likeness (QED) is 0.677. The van der Waals surface area contributed by atoms with Crippen molar-refractivity contribution in [2.24, 2.45) is 0 Å². The van der Waals surface area contributed by atoms with Gasteiger partial charge in [-0.05, 0) is 43.7 Å². The lowest BCUT2D eigenvalue weighted by Crippen LogP contribution is -2.11. The minimum Gasteiger partial charge on any atom is -0.428 e. The summed E-state index contributed by atoms with van der Waals surface area (Å²) in [5, 5.41) is 0.697. The van der Waals surface area contributed by atoms with Gasteiger partial charge in [0, 0.05) is 12.3 Å². The van der Waals surface area contributed by atoms with Crippen molar-refractivity contribution in [1.29, 1.82) is 0 Å². The predicted molar refractivity (Wildman–Crippen MR) is 61.7 cm³/mol. The van der Waals surface area contributed by atoms with E-state index in [1.807, 2.05) is 12.3 Å². The lowest BCUT2D eigenvalue weighted by molar-refractivity contribution is 0.487. The standard InChI is InChI=1S/C13H13NO2/c1-8-6-11-12(13(15)16-8)10-5-3-2-4-9(10)7-14-11/h6-7H,2-5H2,1H3. The minimum atomic E-state index is -0.235. The summed E-state index contributed by atoms with van der Waals surface area (Å²) >= 11 is 0. The van der Waals surface area contributed by atoms with E-state index in [0.717, 1.165) is 30.3 Å². The summed E-state index contributed by atoms with van der Waals surface area (Å²) < 4.78 is 5.16. The van der Waals surface area contributed by atoms with E-state index >= 15 is 0 Å². The van der Waals surface area contributed by atoms with Crippen molar-refractivity contribution in [2.45, 2.75) is 32.6 Å². The van der Waals surface area contributed by atoms with Crippen LogP contribution in [0.1, 0.15) is 29.7 Å². The molecule has 16 heavy (non-hydrogen) atoms. The molecule has 0 radical (unpaired) electrons. The third kappa shape index (κ3) is 1.35. The average Bonchev–Trinajstić information content (AvgIpc) is 2.28. The lowest BCUT2D eigenvalue weighted by Gasteiger charge is -2.16. The molecule has 2 aromatic heterocycles. The molecular weight excluding hydrogens is 202 g/mol. The highest BCUT2D eigenvalue weighted by Gasteiger charge is 2.16. The Morgan fingerprint density at radius 1 is 1.31 bits per heavy atom. The van der Waals surface area contributed by atoms with Crippen molar-refractivity contribution < 1.29 is 4.42 Å². The molecule has 82 valence electrons. The number of rotatable bonds is 0. The number of pyridine rings is 1. The molecule has 0 saturated heterocycles. The Kier molecular flexibility index (Phi) is 2.06. The number of hydrogen-bond acceptors (Lipinski definition) is 3. The average molecular weight is 215 g/mol. The Bertz CT molecular complexity index is 613. The van der Waals surface area contributed by atoms with Crippen LogP contribution in [-0.2, 0) is 12.8 Å². The summed E-state index contributed by atoms with van der Waals surface area (Å²) in [5.41, 5.74) is 2.91. The molecule has 0 unspecified atom stereocenters. The van der Waals surface area contributed by atoms with Gasteiger partial charge < -0.3 is 4.42 Å². The van der Waals surface area contributed by atoms with Gasteiger partial charge in [0.15, 0.2) is 0 Å². The zero-order valence-corrected chi connectivity index (χ0v) is 9.25. The number of nitrogens with zero attached hydrogens (tertiary/aromatic N) is 1. The molecule has 0 fully saturated rings. The summed E-state index contributed by atoms with van der Waals surface area (Å²) in [5.74, 6) is 0.626. The first-order chi connectivity index (χ1) is 7.75. The van der Waals surface area contributed by atoms with Crippen LogP contribution in [0.15, 0.2) is 21.5 Å². The third-order valence-electron chi connectivity index (χ3n) is 3.23. The molecule has 0 N–H and O–H groups in total. The summed E-state index contributed by atoms with van der Waals surface area (Å²) in [6.07, 6.45) is 6.26. The summed E-state index contributed by atoms with van der Waals surface area (Å²) in [7, 11) is 0. The van der Waals surface area contributed by atoms with Gasteiger partial charge in [-0.1, -0.05) is 0 Å². The van der Waals surface area contributed by atoms with Gasteiger partial charge in [-0.3, -0.25) is 4.98 Å². The molecule has 2 heterocycles. The highest BCUT2D eigenvalue weighted by atomic mass is 16.4. The van der Waals surface area contributed by atoms with Gasteiger partial charge in [0.1, 0.15) is 5.76 Å². The van der Waals surface area contributed by atoms with Crippen molar-refractivity contribution in [3.05, 3.63) is 39.6 Å². The summed E-state index contributed by atoms with van der Waals surface area (Å²) in [6.45, 7) is 1.78. The summed E-state index contributed by atoms with van der Waals surface area (Å²) in [4.78, 5) is 16.2. The summed E-state index contributed by atoms with van der Waals surface area (Å²) in [6, 6.07) is 1.84. The second-order valence-electron chi connectivity index (χ2n) is 4.37. The van der Waals surface area contributed by atoms with Gasteiger partial charge in [0.25, 0.3) is 0 Å². The van der Waals surface area contributed by atoms with E-state index < -0.39 is 0 Å². The first-order valence-electron chi connectivity index (χ1n) is 5.67. The highest BCUT2D eigenvalue weighted by Crippen LogP contribution is 2.25. The van der Waals surface area contributed by atoms with Crippen LogP contribution in [0.4, 0.5) is 0 Å². The maximum atomic E-state index is 11.9. The molecule has 0 amide bonds. The molecule has 3 heteroatoms. The van der Waals surface area contributed by atoms with E-state index in [2.05, 4.69) is 4.98 Å². The molecule has 0 saturated carbocycles. The zero-order chi connectivity index (χ0) is 11.1. The molecule has 3 rings (SSSR count). The van der Waals surface area contributed by atoms with E-state index in [1.54, 1.807) is 6.92 Å². The molecular formula is C13H13NO2. The van der Waals surface area contributed by atoms with Crippen molar-refractivity contribution in [2.75, 3.05) is 0 Å². The molecule has 1 aliphatic carbocycles. The molecule has 0 atom stereocenters. The normalized spacial score (nSPS) is 15.1. The second kappa shape index (κ2) is 3.44. The van der Waals surface area contributed by atoms with Gasteiger partial charge >= 0.3 is 5.63 Å². The first kappa shape index (κ1) is 9.58. The first-order valence-corrected chi connectivity index (χ1v) is 5.67. The van der Waals surface area contributed by atoms with Crippen LogP contribution in [0.2, 0.25) is 0 Å². The van der Waals surface area contributed by atoms with Crippen molar-refractivity contribution in [1.82, 2.24) is 4.98 Å². The minimum absolute atomic E-state index is 0.235. The SMILES string of the molecule is Cc1cc2ncc3c(c2c(=O)o1)CCCC3. The molecule has 3 nitrogen and oxygen atoms in total. The van der Waals surface area contributed by atoms with Crippen LogP contribution in [-0.4, -0.2) is 4.98 Å². The zero-order valence-electron chi connectivity index (χ0n) is 9.25. The lowest BCUT2D eigenvalue weighted by atomic mass is 9.91. The topological polar surface area (TPSA) is 43.1 Å². The molecule has 0 aromatic carbocycles. The molecule has 0 spiro atoms. The predicted octanol–water partition coefficient (Wildman–Crippen LogP) is 2.38. The van der Waals surface area contributed by atoms with E-state index in [0.29, 0.717) is 11.1 Å². The fraction of sp³-hybridized carbons (Fsp3) is 0.385. The van der Waals surface area contributed by atoms with Crippen molar-refractivity contribution >= 4 is 10.9 Å². The molecule has 0 bridgehead atoms. The largest absolute Gasteiger partial charge is 0.428 e. The number of aromatic nitrogens is 1. The molecule has 1 aliphatic rings. The highest BCUT2D eigenvalue weighted by molar-refractivity contribution is 5.82. The Balaban J connectivity index is 2.43. The Hall–Kier alpha value is -1.64. The van der Waals surface area contributed by atoms with E-state index in [-0.39, 0.29) is 5.63 Å². The van der Waals surface area contributed by atoms with E-state index in [1.165, 1.54) is 12.0 Å². The maximum Gasteiger partial charge on any atom is 0.345 e. The maximum absolute atomic E-state index is 11.9.